The highest BCUT2D eigenvalue weighted by atomic mass is 16.5. The third kappa shape index (κ3) is 4.55. The van der Waals surface area contributed by atoms with Crippen molar-refractivity contribution in [1.29, 1.82) is 0 Å². The van der Waals surface area contributed by atoms with Crippen LogP contribution in [0.4, 0.5) is 23.3 Å². The van der Waals surface area contributed by atoms with Gasteiger partial charge in [0, 0.05) is 64.1 Å². The molecule has 3 aliphatic rings. The zero-order chi connectivity index (χ0) is 21.0. The van der Waals surface area contributed by atoms with E-state index in [0.29, 0.717) is 0 Å². The van der Waals surface area contributed by atoms with E-state index >= 15 is 0 Å². The summed E-state index contributed by atoms with van der Waals surface area (Å²) in [5.74, 6) is 2.86. The summed E-state index contributed by atoms with van der Waals surface area (Å²) in [4.78, 5) is 19.5. The summed E-state index contributed by atoms with van der Waals surface area (Å²) in [6, 6.07) is 10.8. The van der Waals surface area contributed by atoms with Crippen LogP contribution in [0.1, 0.15) is 5.56 Å². The van der Waals surface area contributed by atoms with E-state index in [4.69, 9.17) is 19.4 Å². The van der Waals surface area contributed by atoms with E-state index < -0.39 is 0 Å². The number of hydrogen-bond donors (Lipinski definition) is 0. The van der Waals surface area contributed by atoms with Crippen molar-refractivity contribution in [2.24, 2.45) is 0 Å². The van der Waals surface area contributed by atoms with E-state index in [1.165, 1.54) is 11.3 Å². The summed E-state index contributed by atoms with van der Waals surface area (Å²) in [6.45, 7) is 12.5. The summed E-state index contributed by atoms with van der Waals surface area (Å²) in [5.41, 5.74) is 2.66. The quantitative estimate of drug-likeness (QED) is 0.736. The van der Waals surface area contributed by atoms with Crippen molar-refractivity contribution < 1.29 is 9.47 Å². The number of piperazine rings is 1. The lowest BCUT2D eigenvalue weighted by atomic mass is 10.1. The molecular weight excluding hydrogens is 392 g/mol. The molecule has 31 heavy (non-hydrogen) atoms. The summed E-state index contributed by atoms with van der Waals surface area (Å²) in [5, 5.41) is 0. The summed E-state index contributed by atoms with van der Waals surface area (Å²) < 4.78 is 11.1. The van der Waals surface area contributed by atoms with E-state index in [-0.39, 0.29) is 0 Å². The van der Waals surface area contributed by atoms with Crippen LogP contribution in [-0.2, 0) is 9.47 Å². The number of ether oxygens (including phenoxy) is 2. The van der Waals surface area contributed by atoms with Crippen molar-refractivity contribution in [2.45, 2.75) is 6.92 Å². The van der Waals surface area contributed by atoms with Gasteiger partial charge in [-0.05, 0) is 18.6 Å². The first-order valence-electron chi connectivity index (χ1n) is 11.4. The number of morpholine rings is 2. The molecule has 8 nitrogen and oxygen atoms in total. The molecule has 3 fully saturated rings. The molecule has 0 radical (unpaired) electrons. The van der Waals surface area contributed by atoms with Crippen LogP contribution in [0.15, 0.2) is 30.3 Å². The highest BCUT2D eigenvalue weighted by Gasteiger charge is 2.24. The first kappa shape index (κ1) is 20.3. The molecule has 0 unspecified atom stereocenters. The van der Waals surface area contributed by atoms with Crippen molar-refractivity contribution >= 4 is 23.3 Å². The van der Waals surface area contributed by atoms with Crippen molar-refractivity contribution in [3.05, 3.63) is 35.9 Å². The normalized spacial score (nSPS) is 20.3. The number of aromatic nitrogens is 2. The molecule has 0 bridgehead atoms. The number of nitrogens with zero attached hydrogens (tertiary/aromatic N) is 6. The van der Waals surface area contributed by atoms with Gasteiger partial charge in [-0.3, -0.25) is 0 Å². The smallest absolute Gasteiger partial charge is 0.229 e. The summed E-state index contributed by atoms with van der Waals surface area (Å²) in [7, 11) is 0. The molecule has 5 rings (SSSR count). The average molecular weight is 425 g/mol. The predicted molar refractivity (Wildman–Crippen MR) is 124 cm³/mol. The number of benzene rings is 1. The zero-order valence-electron chi connectivity index (χ0n) is 18.4. The Hall–Kier alpha value is -2.58. The first-order valence-corrected chi connectivity index (χ1v) is 11.4. The maximum atomic E-state index is 5.55. The predicted octanol–water partition coefficient (Wildman–Crippen LogP) is 1.78. The van der Waals surface area contributed by atoms with Crippen LogP contribution in [0.25, 0.3) is 0 Å². The molecule has 1 aromatic heterocycles. The van der Waals surface area contributed by atoms with E-state index in [0.717, 1.165) is 96.4 Å². The number of anilines is 4. The van der Waals surface area contributed by atoms with E-state index in [1.807, 2.05) is 0 Å². The maximum Gasteiger partial charge on any atom is 0.229 e. The van der Waals surface area contributed by atoms with E-state index in [1.54, 1.807) is 0 Å². The standard InChI is InChI=1S/C23H32N6O2/c1-19-4-2-3-5-20(19)26-6-8-29(9-7-26)23-24-21(27-10-14-30-15-11-27)18-22(25-23)28-12-16-31-17-13-28/h2-5,18H,6-17H2,1H3. The Labute approximate surface area is 184 Å². The third-order valence-corrected chi connectivity index (χ3v) is 6.38. The third-order valence-electron chi connectivity index (χ3n) is 6.38. The van der Waals surface area contributed by atoms with Gasteiger partial charge in [0.05, 0.1) is 26.4 Å². The van der Waals surface area contributed by atoms with Gasteiger partial charge in [0.2, 0.25) is 5.95 Å². The molecule has 3 aliphatic heterocycles. The number of rotatable bonds is 4. The second-order valence-corrected chi connectivity index (χ2v) is 8.34. The minimum Gasteiger partial charge on any atom is -0.378 e. The van der Waals surface area contributed by atoms with Crippen molar-refractivity contribution in [3.63, 3.8) is 0 Å². The fourth-order valence-electron chi connectivity index (χ4n) is 4.53. The van der Waals surface area contributed by atoms with Gasteiger partial charge in [-0.1, -0.05) is 18.2 Å². The zero-order valence-corrected chi connectivity index (χ0v) is 18.4. The lowest BCUT2D eigenvalue weighted by Gasteiger charge is -2.38. The molecule has 0 aliphatic carbocycles. The Bertz CT molecular complexity index is 838. The lowest BCUT2D eigenvalue weighted by Crippen LogP contribution is -2.47. The molecule has 0 spiro atoms. The van der Waals surface area contributed by atoms with Crippen LogP contribution in [0.2, 0.25) is 0 Å². The molecule has 0 atom stereocenters. The molecular formula is C23H32N6O2. The fourth-order valence-corrected chi connectivity index (χ4v) is 4.53. The van der Waals surface area contributed by atoms with Gasteiger partial charge in [-0.2, -0.15) is 9.97 Å². The number of para-hydroxylation sites is 1. The Morgan fingerprint density at radius 1 is 0.645 bits per heavy atom. The molecule has 0 amide bonds. The molecule has 8 heteroatoms. The van der Waals surface area contributed by atoms with Crippen LogP contribution in [0.5, 0.6) is 0 Å². The van der Waals surface area contributed by atoms with Crippen LogP contribution in [-0.4, -0.2) is 88.8 Å². The molecule has 166 valence electrons. The van der Waals surface area contributed by atoms with Gasteiger partial charge in [0.25, 0.3) is 0 Å². The lowest BCUT2D eigenvalue weighted by molar-refractivity contribution is 0.122. The van der Waals surface area contributed by atoms with Crippen LogP contribution >= 0.6 is 0 Å². The largest absolute Gasteiger partial charge is 0.378 e. The second kappa shape index (κ2) is 9.28. The van der Waals surface area contributed by atoms with Gasteiger partial charge in [0.1, 0.15) is 11.6 Å². The van der Waals surface area contributed by atoms with E-state index in [2.05, 4.69) is 56.9 Å². The molecule has 2 aromatic rings. The fraction of sp³-hybridized carbons (Fsp3) is 0.565. The minimum absolute atomic E-state index is 0.751. The van der Waals surface area contributed by atoms with Gasteiger partial charge in [-0.15, -0.1) is 0 Å². The molecule has 3 saturated heterocycles. The van der Waals surface area contributed by atoms with Gasteiger partial charge < -0.3 is 29.1 Å². The molecule has 0 saturated carbocycles. The molecule has 1 aromatic carbocycles. The van der Waals surface area contributed by atoms with E-state index in [9.17, 15) is 0 Å². The highest BCUT2D eigenvalue weighted by Crippen LogP contribution is 2.27. The van der Waals surface area contributed by atoms with Crippen LogP contribution < -0.4 is 19.6 Å². The van der Waals surface area contributed by atoms with Gasteiger partial charge >= 0.3 is 0 Å². The summed E-state index contributed by atoms with van der Waals surface area (Å²) >= 11 is 0. The monoisotopic (exact) mass is 424 g/mol. The van der Waals surface area contributed by atoms with Crippen molar-refractivity contribution in [3.8, 4) is 0 Å². The number of aryl methyl sites for hydroxylation is 1. The topological polar surface area (TPSA) is 57.2 Å². The Morgan fingerprint density at radius 2 is 1.16 bits per heavy atom. The van der Waals surface area contributed by atoms with Crippen molar-refractivity contribution in [1.82, 2.24) is 9.97 Å². The average Bonchev–Trinajstić information content (AvgIpc) is 2.85. The Morgan fingerprint density at radius 3 is 1.71 bits per heavy atom. The Balaban J connectivity index is 1.37. The van der Waals surface area contributed by atoms with Gasteiger partial charge in [-0.25, -0.2) is 0 Å². The maximum absolute atomic E-state index is 5.55. The number of hydrogen-bond acceptors (Lipinski definition) is 8. The minimum atomic E-state index is 0.751. The van der Waals surface area contributed by atoms with Crippen LogP contribution in [0.3, 0.4) is 0 Å². The van der Waals surface area contributed by atoms with Crippen molar-refractivity contribution in [2.75, 3.05) is 98.4 Å². The summed E-state index contributed by atoms with van der Waals surface area (Å²) in [6.07, 6.45) is 0. The highest BCUT2D eigenvalue weighted by molar-refractivity contribution is 5.58. The molecule has 4 heterocycles. The van der Waals surface area contributed by atoms with Gasteiger partial charge in [0.15, 0.2) is 0 Å². The Kier molecular flexibility index (Phi) is 6.08. The second-order valence-electron chi connectivity index (χ2n) is 8.34. The molecule has 0 N–H and O–H groups in total. The first-order chi connectivity index (χ1) is 15.3. The van der Waals surface area contributed by atoms with Crippen LogP contribution in [0, 0.1) is 6.92 Å². The SMILES string of the molecule is Cc1ccccc1N1CCN(c2nc(N3CCOCC3)cc(N3CCOCC3)n2)CC1.